The van der Waals surface area contributed by atoms with Gasteiger partial charge in [0, 0.05) is 7.05 Å². The zero-order valence-electron chi connectivity index (χ0n) is 6.04. The molecule has 0 aliphatic heterocycles. The number of rotatable bonds is 2. The van der Waals surface area contributed by atoms with Crippen molar-refractivity contribution in [1.29, 1.82) is 0 Å². The molecule has 0 aromatic heterocycles. The Morgan fingerprint density at radius 1 is 1.18 bits per heavy atom. The van der Waals surface area contributed by atoms with E-state index in [-0.39, 0.29) is 7.43 Å². The van der Waals surface area contributed by atoms with Gasteiger partial charge in [0.15, 0.2) is 0 Å². The Labute approximate surface area is 68.8 Å². The van der Waals surface area contributed by atoms with Crippen LogP contribution in [0.3, 0.4) is 0 Å². The highest BCUT2D eigenvalue weighted by Crippen LogP contribution is 1.98. The normalized spacial score (nSPS) is 9.18. The van der Waals surface area contributed by atoms with E-state index in [9.17, 15) is 0 Å². The van der Waals surface area contributed by atoms with Crippen molar-refractivity contribution in [3.8, 4) is 0 Å². The van der Waals surface area contributed by atoms with E-state index < -0.39 is 0 Å². The molecule has 0 aliphatic carbocycles. The summed E-state index contributed by atoms with van der Waals surface area (Å²) in [5.74, 6) is 0. The van der Waals surface area contributed by atoms with Crippen LogP contribution in [-0.4, -0.2) is 7.05 Å². The quantitative estimate of drug-likeness (QED) is 0.681. The van der Waals surface area contributed by atoms with Gasteiger partial charge in [-0.05, 0) is 17.8 Å². The highest BCUT2D eigenvalue weighted by atomic mass is 14.8. The first kappa shape index (κ1) is 9.76. The molecule has 0 radical (unpaired) electrons. The Morgan fingerprint density at radius 3 is 2.36 bits per heavy atom. The average Bonchev–Trinajstić information content (AvgIpc) is 2.03. The van der Waals surface area contributed by atoms with E-state index in [1.54, 1.807) is 0 Å². The van der Waals surface area contributed by atoms with Gasteiger partial charge in [-0.1, -0.05) is 37.8 Å². The third kappa shape index (κ3) is 3.46. The van der Waals surface area contributed by atoms with Crippen LogP contribution in [0.5, 0.6) is 0 Å². The van der Waals surface area contributed by atoms with Crippen molar-refractivity contribution in [2.24, 2.45) is 0 Å². The minimum atomic E-state index is 0. The summed E-state index contributed by atoms with van der Waals surface area (Å²) in [6.07, 6.45) is 3.94. The maximum absolute atomic E-state index is 2.94. The van der Waals surface area contributed by atoms with Crippen molar-refractivity contribution in [2.45, 2.75) is 7.43 Å². The van der Waals surface area contributed by atoms with Gasteiger partial charge in [-0.25, -0.2) is 0 Å². The standard InChI is InChI=1S/C9H11N.CH4/c1-10-8-7-9-5-3-2-4-6-9;/h2-8,10H,1H3;1H4/b8-7-;. The molecule has 1 aromatic carbocycles. The maximum atomic E-state index is 2.94. The average molecular weight is 149 g/mol. The highest BCUT2D eigenvalue weighted by molar-refractivity contribution is 5.48. The van der Waals surface area contributed by atoms with E-state index in [1.807, 2.05) is 37.5 Å². The molecule has 0 atom stereocenters. The van der Waals surface area contributed by atoms with E-state index in [0.29, 0.717) is 0 Å². The summed E-state index contributed by atoms with van der Waals surface area (Å²) in [6.45, 7) is 0. The van der Waals surface area contributed by atoms with Crippen molar-refractivity contribution >= 4 is 6.08 Å². The first-order valence-electron chi connectivity index (χ1n) is 3.32. The predicted octanol–water partition coefficient (Wildman–Crippen LogP) is 2.51. The Balaban J connectivity index is 0.000001000. The first-order chi connectivity index (χ1) is 4.93. The molecular weight excluding hydrogens is 134 g/mol. The van der Waals surface area contributed by atoms with Crippen LogP contribution < -0.4 is 5.32 Å². The zero-order valence-corrected chi connectivity index (χ0v) is 6.04. The molecule has 0 heterocycles. The maximum Gasteiger partial charge on any atom is 0.00277 e. The molecule has 1 N–H and O–H groups in total. The molecule has 0 fully saturated rings. The molecule has 0 aliphatic rings. The summed E-state index contributed by atoms with van der Waals surface area (Å²) in [5.41, 5.74) is 1.22. The lowest BCUT2D eigenvalue weighted by Crippen LogP contribution is -1.90. The predicted molar refractivity (Wildman–Crippen MR) is 51.3 cm³/mol. The molecule has 0 spiro atoms. The molecule has 0 amide bonds. The van der Waals surface area contributed by atoms with Gasteiger partial charge >= 0.3 is 0 Å². The monoisotopic (exact) mass is 149 g/mol. The van der Waals surface area contributed by atoms with Gasteiger partial charge in [0.2, 0.25) is 0 Å². The fourth-order valence-corrected chi connectivity index (χ4v) is 0.744. The van der Waals surface area contributed by atoms with Crippen LogP contribution in [0.15, 0.2) is 36.5 Å². The molecule has 0 saturated carbocycles. The Hall–Kier alpha value is -1.24. The van der Waals surface area contributed by atoms with Crippen LogP contribution in [-0.2, 0) is 0 Å². The fourth-order valence-electron chi connectivity index (χ4n) is 0.744. The van der Waals surface area contributed by atoms with Gasteiger partial charge in [0.25, 0.3) is 0 Å². The van der Waals surface area contributed by atoms with Crippen LogP contribution >= 0.6 is 0 Å². The van der Waals surface area contributed by atoms with Crippen LogP contribution in [0, 0.1) is 0 Å². The van der Waals surface area contributed by atoms with Gasteiger partial charge < -0.3 is 5.32 Å². The van der Waals surface area contributed by atoms with E-state index in [4.69, 9.17) is 0 Å². The third-order valence-corrected chi connectivity index (χ3v) is 1.24. The molecule has 11 heavy (non-hydrogen) atoms. The molecule has 1 aromatic rings. The number of hydrogen-bond donors (Lipinski definition) is 1. The minimum absolute atomic E-state index is 0. The number of nitrogens with one attached hydrogen (secondary N) is 1. The first-order valence-corrected chi connectivity index (χ1v) is 3.32. The number of benzene rings is 1. The van der Waals surface area contributed by atoms with Crippen LogP contribution in [0.2, 0.25) is 0 Å². The molecule has 0 bridgehead atoms. The second-order valence-corrected chi connectivity index (χ2v) is 2.03. The van der Waals surface area contributed by atoms with Crippen molar-refractivity contribution in [3.63, 3.8) is 0 Å². The summed E-state index contributed by atoms with van der Waals surface area (Å²) >= 11 is 0. The van der Waals surface area contributed by atoms with Crippen molar-refractivity contribution in [1.82, 2.24) is 5.32 Å². The third-order valence-electron chi connectivity index (χ3n) is 1.24. The minimum Gasteiger partial charge on any atom is -0.394 e. The van der Waals surface area contributed by atoms with E-state index in [2.05, 4.69) is 17.4 Å². The zero-order chi connectivity index (χ0) is 7.23. The van der Waals surface area contributed by atoms with E-state index >= 15 is 0 Å². The molecule has 1 heteroatoms. The van der Waals surface area contributed by atoms with Crippen LogP contribution in [0.1, 0.15) is 13.0 Å². The van der Waals surface area contributed by atoms with Crippen LogP contribution in [0.4, 0.5) is 0 Å². The van der Waals surface area contributed by atoms with Gasteiger partial charge in [-0.15, -0.1) is 0 Å². The van der Waals surface area contributed by atoms with Crippen LogP contribution in [0.25, 0.3) is 6.08 Å². The molecular formula is C10H15N. The topological polar surface area (TPSA) is 12.0 Å². The fraction of sp³-hybridized carbons (Fsp3) is 0.200. The molecule has 1 nitrogen and oxygen atoms in total. The smallest absolute Gasteiger partial charge is 0.00277 e. The summed E-state index contributed by atoms with van der Waals surface area (Å²) < 4.78 is 0. The number of hydrogen-bond acceptors (Lipinski definition) is 1. The summed E-state index contributed by atoms with van der Waals surface area (Å²) in [4.78, 5) is 0. The van der Waals surface area contributed by atoms with Crippen molar-refractivity contribution in [2.75, 3.05) is 7.05 Å². The lowest BCUT2D eigenvalue weighted by molar-refractivity contribution is 1.11. The molecule has 1 rings (SSSR count). The van der Waals surface area contributed by atoms with Gasteiger partial charge in [0.05, 0.1) is 0 Å². The lowest BCUT2D eigenvalue weighted by atomic mass is 10.2. The SMILES string of the molecule is C.CN/C=C\c1ccccc1. The lowest BCUT2D eigenvalue weighted by Gasteiger charge is -1.89. The highest BCUT2D eigenvalue weighted by Gasteiger charge is 1.78. The van der Waals surface area contributed by atoms with E-state index in [1.165, 1.54) is 5.56 Å². The Kier molecular flexibility index (Phi) is 4.91. The molecule has 60 valence electrons. The van der Waals surface area contributed by atoms with Gasteiger partial charge in [-0.3, -0.25) is 0 Å². The van der Waals surface area contributed by atoms with Crippen molar-refractivity contribution in [3.05, 3.63) is 42.1 Å². The molecule has 0 unspecified atom stereocenters. The largest absolute Gasteiger partial charge is 0.394 e. The summed E-state index contributed by atoms with van der Waals surface area (Å²) in [6, 6.07) is 10.2. The second-order valence-electron chi connectivity index (χ2n) is 2.03. The summed E-state index contributed by atoms with van der Waals surface area (Å²) in [7, 11) is 1.89. The Bertz CT molecular complexity index is 201. The summed E-state index contributed by atoms with van der Waals surface area (Å²) in [5, 5.41) is 2.94. The van der Waals surface area contributed by atoms with Crippen molar-refractivity contribution < 1.29 is 0 Å². The molecule has 0 saturated heterocycles. The van der Waals surface area contributed by atoms with E-state index in [0.717, 1.165) is 0 Å². The second kappa shape index (κ2) is 5.54. The Morgan fingerprint density at radius 2 is 1.82 bits per heavy atom. The van der Waals surface area contributed by atoms with Gasteiger partial charge in [0.1, 0.15) is 0 Å². The van der Waals surface area contributed by atoms with Gasteiger partial charge in [-0.2, -0.15) is 0 Å².